The van der Waals surface area contributed by atoms with Gasteiger partial charge in [0.15, 0.2) is 0 Å². The minimum Gasteiger partial charge on any atom is -0.352 e. The van der Waals surface area contributed by atoms with Crippen molar-refractivity contribution >= 4 is 18.3 Å². The van der Waals surface area contributed by atoms with Crippen molar-refractivity contribution < 1.29 is 9.18 Å². The zero-order valence-corrected chi connectivity index (χ0v) is 12.3. The van der Waals surface area contributed by atoms with Crippen LogP contribution in [0.3, 0.4) is 0 Å². The van der Waals surface area contributed by atoms with Crippen molar-refractivity contribution in [1.29, 1.82) is 0 Å². The van der Waals surface area contributed by atoms with Gasteiger partial charge in [-0.3, -0.25) is 4.79 Å². The number of hydrogen-bond donors (Lipinski definition) is 2. The van der Waals surface area contributed by atoms with Gasteiger partial charge >= 0.3 is 0 Å². The van der Waals surface area contributed by atoms with Gasteiger partial charge in [0.1, 0.15) is 5.82 Å². The van der Waals surface area contributed by atoms with Gasteiger partial charge in [-0.2, -0.15) is 0 Å². The molecule has 0 radical (unpaired) electrons. The van der Waals surface area contributed by atoms with E-state index in [2.05, 4.69) is 10.6 Å². The lowest BCUT2D eigenvalue weighted by atomic mass is 9.93. The van der Waals surface area contributed by atoms with Crippen molar-refractivity contribution in [3.63, 3.8) is 0 Å². The van der Waals surface area contributed by atoms with E-state index >= 15 is 0 Å². The lowest BCUT2D eigenvalue weighted by Gasteiger charge is -2.22. The molecule has 1 aliphatic rings. The summed E-state index contributed by atoms with van der Waals surface area (Å²) in [6.07, 6.45) is 3.85. The zero-order valence-electron chi connectivity index (χ0n) is 11.5. The van der Waals surface area contributed by atoms with Crippen LogP contribution in [0.25, 0.3) is 0 Å². The maximum absolute atomic E-state index is 13.0. The monoisotopic (exact) mass is 300 g/mol. The molecule has 0 spiro atoms. The molecule has 112 valence electrons. The quantitative estimate of drug-likeness (QED) is 0.878. The maximum atomic E-state index is 13.0. The summed E-state index contributed by atoms with van der Waals surface area (Å²) in [5, 5.41) is 6.16. The Balaban J connectivity index is 0.00000200. The van der Waals surface area contributed by atoms with E-state index in [0.29, 0.717) is 18.9 Å². The van der Waals surface area contributed by atoms with E-state index < -0.39 is 0 Å². The van der Waals surface area contributed by atoms with Crippen molar-refractivity contribution in [3.05, 3.63) is 35.6 Å². The molecule has 1 aromatic carbocycles. The lowest BCUT2D eigenvalue weighted by Crippen LogP contribution is -2.29. The van der Waals surface area contributed by atoms with Crippen molar-refractivity contribution in [1.82, 2.24) is 10.6 Å². The first-order valence-electron chi connectivity index (χ1n) is 6.96. The molecule has 1 amide bonds. The second kappa shape index (κ2) is 8.93. The molecule has 1 aromatic rings. The van der Waals surface area contributed by atoms with Crippen LogP contribution in [0.2, 0.25) is 0 Å². The Morgan fingerprint density at radius 2 is 2.10 bits per heavy atom. The molecule has 20 heavy (non-hydrogen) atoms. The third kappa shape index (κ3) is 5.88. The van der Waals surface area contributed by atoms with Crippen LogP contribution in [-0.2, 0) is 11.3 Å². The van der Waals surface area contributed by atoms with Crippen LogP contribution in [0.15, 0.2) is 24.3 Å². The molecule has 0 atom stereocenters. The van der Waals surface area contributed by atoms with Crippen molar-refractivity contribution in [2.75, 3.05) is 13.1 Å². The molecule has 0 saturated carbocycles. The first-order chi connectivity index (χ1) is 9.24. The normalized spacial score (nSPS) is 15.4. The van der Waals surface area contributed by atoms with E-state index in [1.165, 1.54) is 12.1 Å². The lowest BCUT2D eigenvalue weighted by molar-refractivity contribution is -0.121. The minimum atomic E-state index is -0.263. The summed E-state index contributed by atoms with van der Waals surface area (Å²) in [6, 6.07) is 6.33. The van der Waals surface area contributed by atoms with Crippen LogP contribution in [0.5, 0.6) is 0 Å². The number of amides is 1. The van der Waals surface area contributed by atoms with Crippen molar-refractivity contribution in [2.45, 2.75) is 32.2 Å². The molecule has 2 rings (SSSR count). The van der Waals surface area contributed by atoms with Crippen molar-refractivity contribution in [2.24, 2.45) is 5.92 Å². The highest BCUT2D eigenvalue weighted by atomic mass is 35.5. The highest BCUT2D eigenvalue weighted by Crippen LogP contribution is 2.17. The zero-order chi connectivity index (χ0) is 13.5. The fourth-order valence-corrected chi connectivity index (χ4v) is 2.44. The van der Waals surface area contributed by atoms with Gasteiger partial charge in [0, 0.05) is 13.0 Å². The molecule has 2 N–H and O–H groups in total. The largest absolute Gasteiger partial charge is 0.352 e. The molecule has 3 nitrogen and oxygen atoms in total. The second-order valence-corrected chi connectivity index (χ2v) is 5.14. The molecule has 0 unspecified atom stereocenters. The minimum absolute atomic E-state index is 0. The highest BCUT2D eigenvalue weighted by molar-refractivity contribution is 5.85. The molecule has 0 aromatic heterocycles. The average molecular weight is 301 g/mol. The van der Waals surface area contributed by atoms with Crippen LogP contribution in [0.1, 0.15) is 31.2 Å². The van der Waals surface area contributed by atoms with E-state index in [1.54, 1.807) is 6.07 Å². The van der Waals surface area contributed by atoms with Gasteiger partial charge in [-0.05, 0) is 56.0 Å². The SMILES string of the molecule is Cl.O=C(CCC1CCNCC1)NCc1cccc(F)c1. The Hall–Kier alpha value is -1.13. The number of carbonyl (C=O) groups excluding carboxylic acids is 1. The summed E-state index contributed by atoms with van der Waals surface area (Å²) in [7, 11) is 0. The molecule has 1 heterocycles. The van der Waals surface area contributed by atoms with Gasteiger partial charge in [0.05, 0.1) is 0 Å². The molecule has 1 saturated heterocycles. The van der Waals surface area contributed by atoms with E-state index in [0.717, 1.165) is 37.9 Å². The summed E-state index contributed by atoms with van der Waals surface area (Å²) < 4.78 is 13.0. The van der Waals surface area contributed by atoms with Gasteiger partial charge in [-0.25, -0.2) is 4.39 Å². The van der Waals surface area contributed by atoms with Gasteiger partial charge in [0.25, 0.3) is 0 Å². The van der Waals surface area contributed by atoms with Crippen LogP contribution in [0, 0.1) is 11.7 Å². The summed E-state index contributed by atoms with van der Waals surface area (Å²) in [6.45, 7) is 2.54. The average Bonchev–Trinajstić information content (AvgIpc) is 2.44. The smallest absolute Gasteiger partial charge is 0.220 e. The van der Waals surface area contributed by atoms with Gasteiger partial charge < -0.3 is 10.6 Å². The maximum Gasteiger partial charge on any atom is 0.220 e. The van der Waals surface area contributed by atoms with Gasteiger partial charge in [-0.15, -0.1) is 12.4 Å². The first kappa shape index (κ1) is 16.9. The topological polar surface area (TPSA) is 41.1 Å². The molecular weight excluding hydrogens is 279 g/mol. The van der Waals surface area contributed by atoms with E-state index in [9.17, 15) is 9.18 Å². The molecule has 0 aliphatic carbocycles. The fourth-order valence-electron chi connectivity index (χ4n) is 2.44. The summed E-state index contributed by atoms with van der Waals surface area (Å²) >= 11 is 0. The number of piperidine rings is 1. The molecule has 1 fully saturated rings. The third-order valence-electron chi connectivity index (χ3n) is 3.62. The summed E-state index contributed by atoms with van der Waals surface area (Å²) in [5.74, 6) is 0.463. The standard InChI is InChI=1S/C15H21FN2O.ClH/c16-14-3-1-2-13(10-14)11-18-15(19)5-4-12-6-8-17-9-7-12;/h1-3,10,12,17H,4-9,11H2,(H,18,19);1H. The predicted octanol–water partition coefficient (Wildman–Crippen LogP) is 2.64. The first-order valence-corrected chi connectivity index (χ1v) is 6.96. The Labute approximate surface area is 125 Å². The van der Waals surface area contributed by atoms with Crippen molar-refractivity contribution in [3.8, 4) is 0 Å². The van der Waals surface area contributed by atoms with Crippen LogP contribution in [0.4, 0.5) is 4.39 Å². The Kier molecular flexibility index (Phi) is 7.55. The Morgan fingerprint density at radius 3 is 2.80 bits per heavy atom. The Bertz CT molecular complexity index is 422. The van der Waals surface area contributed by atoms with Crippen LogP contribution < -0.4 is 10.6 Å². The Morgan fingerprint density at radius 1 is 1.35 bits per heavy atom. The van der Waals surface area contributed by atoms with E-state index in [1.807, 2.05) is 6.07 Å². The number of benzene rings is 1. The van der Waals surface area contributed by atoms with E-state index in [4.69, 9.17) is 0 Å². The number of rotatable bonds is 5. The molecular formula is C15H22ClFN2O. The second-order valence-electron chi connectivity index (χ2n) is 5.14. The number of hydrogen-bond acceptors (Lipinski definition) is 2. The summed E-state index contributed by atoms with van der Waals surface area (Å²) in [5.41, 5.74) is 0.801. The summed E-state index contributed by atoms with van der Waals surface area (Å²) in [4.78, 5) is 11.7. The molecule has 5 heteroatoms. The van der Waals surface area contributed by atoms with Crippen LogP contribution >= 0.6 is 12.4 Å². The third-order valence-corrected chi connectivity index (χ3v) is 3.62. The number of halogens is 2. The number of carbonyl (C=O) groups is 1. The number of nitrogens with one attached hydrogen (secondary N) is 2. The predicted molar refractivity (Wildman–Crippen MR) is 80.3 cm³/mol. The van der Waals surface area contributed by atoms with Gasteiger partial charge in [-0.1, -0.05) is 12.1 Å². The molecule has 0 bridgehead atoms. The van der Waals surface area contributed by atoms with Crippen LogP contribution in [-0.4, -0.2) is 19.0 Å². The fraction of sp³-hybridized carbons (Fsp3) is 0.533. The highest BCUT2D eigenvalue weighted by Gasteiger charge is 2.14. The van der Waals surface area contributed by atoms with Gasteiger partial charge in [0.2, 0.25) is 5.91 Å². The van der Waals surface area contributed by atoms with E-state index in [-0.39, 0.29) is 24.1 Å². The molecule has 1 aliphatic heterocycles.